The third-order valence-corrected chi connectivity index (χ3v) is 21.9. The molecule has 7 amide bonds. The van der Waals surface area contributed by atoms with E-state index >= 15 is 0 Å². The number of aliphatic imine (C=N–C) groups is 1. The van der Waals surface area contributed by atoms with Crippen LogP contribution in [-0.2, 0) is 138 Å². The monoisotopic (exact) mass is 1880 g/mol. The van der Waals surface area contributed by atoms with Gasteiger partial charge in [0.15, 0.2) is 11.6 Å². The molecule has 0 saturated heterocycles. The van der Waals surface area contributed by atoms with Crippen molar-refractivity contribution in [3.63, 3.8) is 0 Å². The summed E-state index contributed by atoms with van der Waals surface area (Å²) in [5, 5.41) is 60.5. The van der Waals surface area contributed by atoms with Gasteiger partial charge in [0.25, 0.3) is 0 Å². The summed E-state index contributed by atoms with van der Waals surface area (Å²) in [6.45, 7) is 16.9. The zero-order valence-corrected chi connectivity index (χ0v) is 79.3. The molecule has 2 aromatic carbocycles. The summed E-state index contributed by atoms with van der Waals surface area (Å²) in [7, 11) is 0. The Labute approximate surface area is 781 Å². The zero-order valence-electron chi connectivity index (χ0n) is 79.3. The van der Waals surface area contributed by atoms with Crippen molar-refractivity contribution in [2.75, 3.05) is 145 Å². The fourth-order valence-corrected chi connectivity index (χ4v) is 13.6. The quantitative estimate of drug-likeness (QED) is 0.0237. The van der Waals surface area contributed by atoms with Crippen LogP contribution in [0.25, 0.3) is 0 Å². The molecule has 3 rings (SSSR count). The number of carbonyl (C=O) groups is 16. The fraction of sp³-hybridized carbons (Fsp3) is 0.677. The summed E-state index contributed by atoms with van der Waals surface area (Å²) in [5.74, 6) is -11.5. The minimum atomic E-state index is -1.68. The number of benzene rings is 2. The Morgan fingerprint density at radius 1 is 0.353 bits per heavy atom. The average Bonchev–Trinajstić information content (AvgIpc) is 1.11. The molecule has 0 unspecified atom stereocenters. The minimum Gasteiger partial charge on any atom is -0.481 e. The van der Waals surface area contributed by atoms with Gasteiger partial charge in [0, 0.05) is 128 Å². The predicted molar refractivity (Wildman–Crippen MR) is 493 cm³/mol. The number of amides is 7. The van der Waals surface area contributed by atoms with Gasteiger partial charge in [-0.2, -0.15) is 0 Å². The number of aliphatic carboxylic acids is 4. The predicted octanol–water partition coefficient (Wildman–Crippen LogP) is 6.87. The number of ether oxygens (including phenoxy) is 8. The molecule has 1 heterocycles. The summed E-state index contributed by atoms with van der Waals surface area (Å²) >= 11 is 0. The second-order valence-electron chi connectivity index (χ2n) is 35.6. The SMILES string of the molecule is CC(C)(C(=O)NCCC1=CN=CC1)C(=O)N[C@@H](CCC(=O)O)C(=O)CC[C@@H](CCCCNC(=O)COCCOCCNC(=O)COCCOCCCC(=O)CC[C@H](NC(=O)CCCc1ccc(C(C)(C)C)cc1)C(=O)O)C(=O)CN[C@@H](CCCCNC(=O)COCCOCCCC(=O)COCCOCCNC(=O)CC[C@H](CC(=O)CCCc1ccc(C(C)(C)C)cc1)C(=O)O)C(=O)O. The smallest absolute Gasteiger partial charge is 0.326 e. The molecule has 37 heteroatoms. The molecule has 0 saturated carbocycles. The number of nitrogens with one attached hydrogen (secondary N) is 8. The van der Waals surface area contributed by atoms with Crippen LogP contribution in [0.5, 0.6) is 0 Å². The van der Waals surface area contributed by atoms with E-state index in [1.165, 1.54) is 25.0 Å². The number of nitrogens with zero attached hydrogens (tertiary/aromatic N) is 1. The Morgan fingerprint density at radius 2 is 0.820 bits per heavy atom. The first-order valence-electron chi connectivity index (χ1n) is 46.5. The minimum absolute atomic E-state index is 0.0176. The van der Waals surface area contributed by atoms with Gasteiger partial charge in [-0.3, -0.25) is 82.2 Å². The molecule has 0 aromatic heterocycles. The molecule has 1 aliphatic heterocycles. The highest BCUT2D eigenvalue weighted by molar-refractivity contribution is 6.05. The van der Waals surface area contributed by atoms with Gasteiger partial charge in [0.05, 0.1) is 84.6 Å². The Kier molecular flexibility index (Phi) is 60.0. The highest BCUT2D eigenvalue weighted by Gasteiger charge is 2.39. The van der Waals surface area contributed by atoms with Gasteiger partial charge >= 0.3 is 23.9 Å². The molecular formula is C96H149N9O28. The Balaban J connectivity index is 1.30. The normalized spacial score (nSPS) is 13.2. The third-order valence-electron chi connectivity index (χ3n) is 21.9. The summed E-state index contributed by atoms with van der Waals surface area (Å²) in [4.78, 5) is 207. The van der Waals surface area contributed by atoms with Crippen molar-refractivity contribution in [1.29, 1.82) is 0 Å². The van der Waals surface area contributed by atoms with Gasteiger partial charge in [0.2, 0.25) is 41.4 Å². The maximum atomic E-state index is 14.0. The lowest BCUT2D eigenvalue weighted by molar-refractivity contribution is -0.144. The first-order chi connectivity index (χ1) is 63.3. The van der Waals surface area contributed by atoms with Crippen LogP contribution in [-0.4, -0.2) is 284 Å². The van der Waals surface area contributed by atoms with Crippen LogP contribution >= 0.6 is 0 Å². The van der Waals surface area contributed by atoms with Crippen LogP contribution in [0.15, 0.2) is 65.3 Å². The van der Waals surface area contributed by atoms with E-state index in [9.17, 15) is 97.1 Å². The Hall–Kier alpha value is -9.99. The number of unbranched alkanes of at least 4 members (excludes halogenated alkanes) is 2. The molecular weight excluding hydrogens is 1730 g/mol. The standard InChI is InChI=1S/C96H149N9O28/c1-94(2,3)73-31-25-68(26-32-73)17-13-20-76(107)61-72(89(118)119)30-39-83(111)100-47-51-128-55-57-130-64-77(108)22-16-50-127-54-58-131-65-86(114)99-44-12-10-23-79(90(120)121)103-63-82(110)71(29-38-81(109)78(37-40-88(116)117)105-93(125)96(7,8)92(124)102-46-42-70-41-45-97-62-70)19-9-11-43-98-85(113)66-133-60-56-129-52-48-101-87(115)67-132-59-53-126-49-15-21-75(106)35-36-80(91(122)123)104-84(112)24-14-18-69-27-33-74(34-28-69)95(4,5)6/h25-28,31-34,45,62,71-72,78-80,103H,9-24,29-30,35-44,46-61,63-67H2,1-8H3,(H,98,113)(H,99,114)(H,100,111)(H,101,115)(H,102,124)(H,104,112)(H,105,125)(H,116,117)(H,118,119)(H,120,121)(H,122,123)/t71-,72-,78+,79+,80+/m1/s1. The number of carboxylic acid groups (broad SMARTS) is 4. The number of carbonyl (C=O) groups excluding carboxylic acids is 12. The molecule has 12 N–H and O–H groups in total. The van der Waals surface area contributed by atoms with Crippen molar-refractivity contribution in [2.45, 2.75) is 258 Å². The Morgan fingerprint density at radius 3 is 1.32 bits per heavy atom. The second-order valence-corrected chi connectivity index (χ2v) is 35.6. The molecule has 1 aliphatic rings. The van der Waals surface area contributed by atoms with E-state index in [-0.39, 0.29) is 268 Å². The van der Waals surface area contributed by atoms with Crippen LogP contribution in [0.4, 0.5) is 0 Å². The van der Waals surface area contributed by atoms with Crippen molar-refractivity contribution >= 4 is 100 Å². The highest BCUT2D eigenvalue weighted by Crippen LogP contribution is 2.26. The average molecular weight is 1880 g/mol. The molecule has 2 aromatic rings. The number of Topliss-reactive ketones (excluding diaryl/α,β-unsaturated/α-hetero) is 5. The van der Waals surface area contributed by atoms with Crippen LogP contribution in [0.2, 0.25) is 0 Å². The topological polar surface area (TPSA) is 536 Å². The van der Waals surface area contributed by atoms with Gasteiger partial charge in [-0.15, -0.1) is 0 Å². The molecule has 0 aliphatic carbocycles. The van der Waals surface area contributed by atoms with Gasteiger partial charge in [0.1, 0.15) is 61.3 Å². The van der Waals surface area contributed by atoms with Crippen LogP contribution in [0.1, 0.15) is 238 Å². The molecule has 37 nitrogen and oxygen atoms in total. The van der Waals surface area contributed by atoms with Gasteiger partial charge in [-0.25, -0.2) is 4.79 Å². The van der Waals surface area contributed by atoms with Crippen molar-refractivity contribution in [3.8, 4) is 0 Å². The molecule has 746 valence electrons. The molecule has 0 bridgehead atoms. The third kappa shape index (κ3) is 56.7. The van der Waals surface area contributed by atoms with E-state index < -0.39 is 113 Å². The van der Waals surface area contributed by atoms with Gasteiger partial charge in [-0.1, -0.05) is 96.5 Å². The first kappa shape index (κ1) is 117. The number of ketones is 5. The molecule has 0 fully saturated rings. The van der Waals surface area contributed by atoms with Crippen molar-refractivity contribution in [1.82, 2.24) is 42.5 Å². The Bertz CT molecular complexity index is 3970. The second kappa shape index (κ2) is 68.1. The van der Waals surface area contributed by atoms with Crippen LogP contribution in [0.3, 0.4) is 0 Å². The molecule has 133 heavy (non-hydrogen) atoms. The maximum absolute atomic E-state index is 14.0. The number of hydrogen-bond donors (Lipinski definition) is 12. The van der Waals surface area contributed by atoms with Crippen LogP contribution in [0, 0.1) is 17.3 Å². The first-order valence-corrected chi connectivity index (χ1v) is 46.5. The van der Waals surface area contributed by atoms with Gasteiger partial charge in [-0.05, 0) is 155 Å². The summed E-state index contributed by atoms with van der Waals surface area (Å²) in [5.41, 5.74) is 3.99. The van der Waals surface area contributed by atoms with Crippen molar-refractivity contribution < 1.29 is 135 Å². The van der Waals surface area contributed by atoms with Gasteiger partial charge < -0.3 is 95.5 Å². The van der Waals surface area contributed by atoms with E-state index in [2.05, 4.69) is 125 Å². The van der Waals surface area contributed by atoms with E-state index in [1.54, 1.807) is 12.4 Å². The summed E-state index contributed by atoms with van der Waals surface area (Å²) in [6, 6.07) is 12.8. The number of aryl methyl sites for hydroxylation is 2. The number of carboxylic acids is 4. The van der Waals surface area contributed by atoms with Crippen molar-refractivity contribution in [2.24, 2.45) is 22.2 Å². The molecule has 5 atom stereocenters. The lowest BCUT2D eigenvalue weighted by Gasteiger charge is -2.26. The lowest BCUT2D eigenvalue weighted by atomic mass is 9.86. The van der Waals surface area contributed by atoms with E-state index in [0.717, 1.165) is 16.7 Å². The highest BCUT2D eigenvalue weighted by atomic mass is 16.5. The largest absolute Gasteiger partial charge is 0.481 e. The summed E-state index contributed by atoms with van der Waals surface area (Å²) in [6.07, 6.45) is 8.95. The fourth-order valence-electron chi connectivity index (χ4n) is 13.6. The maximum Gasteiger partial charge on any atom is 0.326 e. The lowest BCUT2D eigenvalue weighted by Crippen LogP contribution is -2.52. The van der Waals surface area contributed by atoms with E-state index in [4.69, 9.17) is 37.9 Å². The number of hydrogen-bond acceptors (Lipinski definition) is 26. The summed E-state index contributed by atoms with van der Waals surface area (Å²) < 4.78 is 43.6. The van der Waals surface area contributed by atoms with Crippen molar-refractivity contribution in [3.05, 3.63) is 82.6 Å². The van der Waals surface area contributed by atoms with Crippen LogP contribution < -0.4 is 42.5 Å². The number of rotatable bonds is 81. The van der Waals surface area contributed by atoms with E-state index in [1.807, 2.05) is 12.1 Å². The van der Waals surface area contributed by atoms with E-state index in [0.29, 0.717) is 77.0 Å². The molecule has 0 spiro atoms. The zero-order chi connectivity index (χ0) is 98.3. The molecule has 0 radical (unpaired) electrons.